The Morgan fingerprint density at radius 2 is 1.60 bits per heavy atom. The van der Waals surface area contributed by atoms with Crippen LogP contribution in [0.1, 0.15) is 13.3 Å². The summed E-state index contributed by atoms with van der Waals surface area (Å²) in [6, 6.07) is 0. The van der Waals surface area contributed by atoms with Gasteiger partial charge in [-0.15, -0.1) is 0 Å². The smallest absolute Gasteiger partial charge is 0.190 e. The van der Waals surface area contributed by atoms with E-state index in [1.165, 1.54) is 0 Å². The third-order valence-electron chi connectivity index (χ3n) is 1.65. The summed E-state index contributed by atoms with van der Waals surface area (Å²) in [7, 11) is 4.86. The van der Waals surface area contributed by atoms with E-state index in [9.17, 15) is 0 Å². The van der Waals surface area contributed by atoms with Gasteiger partial charge in [-0.3, -0.25) is 0 Å². The van der Waals surface area contributed by atoms with Crippen molar-refractivity contribution in [2.24, 2.45) is 0 Å². The van der Waals surface area contributed by atoms with Gasteiger partial charge in [0.05, 0.1) is 0 Å². The van der Waals surface area contributed by atoms with Gasteiger partial charge in [0.15, 0.2) is 5.79 Å². The monoisotopic (exact) mass is 148 g/mol. The van der Waals surface area contributed by atoms with Gasteiger partial charge in [0, 0.05) is 27.8 Å². The summed E-state index contributed by atoms with van der Waals surface area (Å²) in [4.78, 5) is 0. The molecule has 0 radical (unpaired) electrons. The summed E-state index contributed by atoms with van der Waals surface area (Å²) in [6.45, 7) is 2.46. The van der Waals surface area contributed by atoms with Crippen LogP contribution >= 0.6 is 0 Å². The highest BCUT2D eigenvalue weighted by Gasteiger charge is 2.26. The molecule has 0 N–H and O–H groups in total. The Hall–Kier alpha value is -0.120. The highest BCUT2D eigenvalue weighted by molar-refractivity contribution is 4.64. The Kier molecular flexibility index (Phi) is 4.60. The van der Waals surface area contributed by atoms with Gasteiger partial charge in [-0.2, -0.15) is 0 Å². The molecule has 0 spiro atoms. The van der Waals surface area contributed by atoms with Gasteiger partial charge in [-0.25, -0.2) is 0 Å². The van der Waals surface area contributed by atoms with E-state index in [-0.39, 0.29) is 0 Å². The SMILES string of the molecule is CCC(COC)(OC)OC. The van der Waals surface area contributed by atoms with E-state index >= 15 is 0 Å². The highest BCUT2D eigenvalue weighted by atomic mass is 16.7. The maximum atomic E-state index is 5.13. The number of ether oxygens (including phenoxy) is 3. The largest absolute Gasteiger partial charge is 0.379 e. The minimum Gasteiger partial charge on any atom is -0.379 e. The van der Waals surface area contributed by atoms with E-state index in [1.54, 1.807) is 21.3 Å². The second-order valence-electron chi connectivity index (χ2n) is 2.11. The minimum atomic E-state index is -0.547. The molecule has 0 rings (SSSR count). The van der Waals surface area contributed by atoms with Crippen LogP contribution in [0, 0.1) is 0 Å². The van der Waals surface area contributed by atoms with E-state index < -0.39 is 5.79 Å². The fraction of sp³-hybridized carbons (Fsp3) is 1.00. The van der Waals surface area contributed by atoms with Crippen molar-refractivity contribution in [1.82, 2.24) is 0 Å². The van der Waals surface area contributed by atoms with Crippen LogP contribution in [0.15, 0.2) is 0 Å². The van der Waals surface area contributed by atoms with E-state index in [1.807, 2.05) is 6.92 Å². The van der Waals surface area contributed by atoms with Gasteiger partial charge in [-0.05, 0) is 0 Å². The summed E-state index contributed by atoms with van der Waals surface area (Å²) in [5, 5.41) is 0. The average molecular weight is 148 g/mol. The fourth-order valence-electron chi connectivity index (χ4n) is 0.812. The maximum Gasteiger partial charge on any atom is 0.190 e. The fourth-order valence-corrected chi connectivity index (χ4v) is 0.812. The predicted octanol–water partition coefficient (Wildman–Crippen LogP) is 1.03. The van der Waals surface area contributed by atoms with Crippen LogP contribution in [0.3, 0.4) is 0 Å². The van der Waals surface area contributed by atoms with Crippen LogP contribution in [0.25, 0.3) is 0 Å². The first-order chi connectivity index (χ1) is 4.74. The normalized spacial score (nSPS) is 12.0. The molecule has 0 saturated carbocycles. The molecule has 0 aromatic carbocycles. The lowest BCUT2D eigenvalue weighted by Crippen LogP contribution is -2.37. The van der Waals surface area contributed by atoms with Crippen molar-refractivity contribution in [1.29, 1.82) is 0 Å². The lowest BCUT2D eigenvalue weighted by atomic mass is 10.2. The van der Waals surface area contributed by atoms with Gasteiger partial charge in [0.25, 0.3) is 0 Å². The number of methoxy groups -OCH3 is 3. The lowest BCUT2D eigenvalue weighted by molar-refractivity contribution is -0.232. The molecule has 0 aromatic heterocycles. The van der Waals surface area contributed by atoms with Crippen molar-refractivity contribution in [3.8, 4) is 0 Å². The summed E-state index contributed by atoms with van der Waals surface area (Å²) >= 11 is 0. The Morgan fingerprint density at radius 1 is 1.10 bits per heavy atom. The molecular weight excluding hydrogens is 132 g/mol. The van der Waals surface area contributed by atoms with E-state index in [0.29, 0.717) is 6.61 Å². The molecule has 0 bridgehead atoms. The first-order valence-corrected chi connectivity index (χ1v) is 3.34. The van der Waals surface area contributed by atoms with Crippen molar-refractivity contribution in [3.05, 3.63) is 0 Å². The summed E-state index contributed by atoms with van der Waals surface area (Å²) in [5.41, 5.74) is 0. The topological polar surface area (TPSA) is 27.7 Å². The zero-order chi connectivity index (χ0) is 8.04. The molecule has 0 unspecified atom stereocenters. The standard InChI is InChI=1S/C7H16O3/c1-5-7(9-3,10-4)6-8-2/h5-6H2,1-4H3. The van der Waals surface area contributed by atoms with Gasteiger partial charge in [-0.1, -0.05) is 6.92 Å². The molecule has 3 heteroatoms. The van der Waals surface area contributed by atoms with Crippen LogP contribution in [0.4, 0.5) is 0 Å². The van der Waals surface area contributed by atoms with Crippen molar-refractivity contribution >= 4 is 0 Å². The van der Waals surface area contributed by atoms with Crippen LogP contribution in [0.5, 0.6) is 0 Å². The summed E-state index contributed by atoms with van der Waals surface area (Å²) in [5.74, 6) is -0.547. The average Bonchev–Trinajstić information content (AvgIpc) is 2.01. The van der Waals surface area contributed by atoms with Crippen LogP contribution in [0.2, 0.25) is 0 Å². The van der Waals surface area contributed by atoms with Gasteiger partial charge in [0.1, 0.15) is 6.61 Å². The quantitative estimate of drug-likeness (QED) is 0.545. The van der Waals surface area contributed by atoms with Crippen molar-refractivity contribution < 1.29 is 14.2 Å². The van der Waals surface area contributed by atoms with Crippen LogP contribution < -0.4 is 0 Å². The molecule has 10 heavy (non-hydrogen) atoms. The first-order valence-electron chi connectivity index (χ1n) is 3.34. The third kappa shape index (κ3) is 2.25. The second-order valence-corrected chi connectivity index (χ2v) is 2.11. The molecule has 0 aliphatic carbocycles. The van der Waals surface area contributed by atoms with Gasteiger partial charge >= 0.3 is 0 Å². The Morgan fingerprint density at radius 3 is 1.70 bits per heavy atom. The molecule has 62 valence electrons. The van der Waals surface area contributed by atoms with Gasteiger partial charge < -0.3 is 14.2 Å². The Bertz CT molecular complexity index is 70.7. The maximum absolute atomic E-state index is 5.13. The molecule has 0 aliphatic rings. The molecule has 0 aromatic rings. The summed E-state index contributed by atoms with van der Waals surface area (Å²) in [6.07, 6.45) is 0.786. The van der Waals surface area contributed by atoms with E-state index in [2.05, 4.69) is 0 Å². The van der Waals surface area contributed by atoms with Crippen molar-refractivity contribution in [3.63, 3.8) is 0 Å². The number of hydrogen-bond acceptors (Lipinski definition) is 3. The van der Waals surface area contributed by atoms with Crippen molar-refractivity contribution in [2.75, 3.05) is 27.9 Å². The Balaban J connectivity index is 3.87. The molecule has 0 heterocycles. The zero-order valence-electron chi connectivity index (χ0n) is 7.14. The number of hydrogen-bond donors (Lipinski definition) is 0. The molecular formula is C7H16O3. The molecule has 3 nitrogen and oxygen atoms in total. The zero-order valence-corrected chi connectivity index (χ0v) is 7.14. The summed E-state index contributed by atoms with van der Waals surface area (Å²) < 4.78 is 15.2. The number of rotatable bonds is 5. The van der Waals surface area contributed by atoms with Crippen LogP contribution in [-0.2, 0) is 14.2 Å². The lowest BCUT2D eigenvalue weighted by Gasteiger charge is -2.28. The second kappa shape index (κ2) is 4.66. The molecule has 0 aliphatic heterocycles. The molecule has 0 amide bonds. The van der Waals surface area contributed by atoms with Crippen LogP contribution in [-0.4, -0.2) is 33.7 Å². The van der Waals surface area contributed by atoms with Gasteiger partial charge in [0.2, 0.25) is 0 Å². The van der Waals surface area contributed by atoms with E-state index in [0.717, 1.165) is 6.42 Å². The molecule has 0 fully saturated rings. The molecule has 0 atom stereocenters. The predicted molar refractivity (Wildman–Crippen MR) is 38.9 cm³/mol. The Labute approximate surface area is 62.3 Å². The molecule has 0 saturated heterocycles. The first kappa shape index (κ1) is 9.88. The highest BCUT2D eigenvalue weighted by Crippen LogP contribution is 2.15. The minimum absolute atomic E-state index is 0.469. The third-order valence-corrected chi connectivity index (χ3v) is 1.65. The van der Waals surface area contributed by atoms with Crippen molar-refractivity contribution in [2.45, 2.75) is 19.1 Å². The van der Waals surface area contributed by atoms with E-state index in [4.69, 9.17) is 14.2 Å².